The molecule has 2 heterocycles. The summed E-state index contributed by atoms with van der Waals surface area (Å²) in [6, 6.07) is 0.549. The molecule has 0 spiro atoms. The molecule has 1 unspecified atom stereocenters. The van der Waals surface area contributed by atoms with Crippen molar-refractivity contribution in [3.8, 4) is 0 Å². The molecule has 0 aromatic rings. The lowest BCUT2D eigenvalue weighted by atomic mass is 9.83. The molecule has 0 bridgehead atoms. The van der Waals surface area contributed by atoms with E-state index in [1.165, 1.54) is 6.42 Å². The van der Waals surface area contributed by atoms with E-state index in [0.29, 0.717) is 25.9 Å². The predicted octanol–water partition coefficient (Wildman–Crippen LogP) is 2.95. The number of carbonyl (C=O) groups is 2. The summed E-state index contributed by atoms with van der Waals surface area (Å²) in [7, 11) is 0. The molecule has 0 saturated carbocycles. The van der Waals surface area contributed by atoms with Gasteiger partial charge in [-0.05, 0) is 46.0 Å². The van der Waals surface area contributed by atoms with Crippen LogP contribution in [0.5, 0.6) is 0 Å². The molecule has 120 valence electrons. The number of hydrogen-bond donors (Lipinski definition) is 1. The third-order valence-corrected chi connectivity index (χ3v) is 5.22. The fourth-order valence-corrected chi connectivity index (χ4v) is 3.96. The van der Waals surface area contributed by atoms with Crippen molar-refractivity contribution in [1.82, 2.24) is 9.80 Å². The Morgan fingerprint density at radius 3 is 2.38 bits per heavy atom. The first-order chi connectivity index (χ1) is 9.91. The zero-order valence-corrected chi connectivity index (χ0v) is 13.5. The Labute approximate surface area is 127 Å². The maximum atomic E-state index is 12.8. The third kappa shape index (κ3) is 3.01. The van der Waals surface area contributed by atoms with Gasteiger partial charge in [0.15, 0.2) is 0 Å². The summed E-state index contributed by atoms with van der Waals surface area (Å²) in [6.45, 7) is 7.14. The van der Waals surface area contributed by atoms with Gasteiger partial charge in [-0.25, -0.2) is 4.79 Å². The minimum Gasteiger partial charge on any atom is -0.481 e. The first kappa shape index (κ1) is 16.1. The van der Waals surface area contributed by atoms with Gasteiger partial charge in [0.2, 0.25) is 0 Å². The molecule has 5 nitrogen and oxygen atoms in total. The normalized spacial score (nSPS) is 33.3. The second-order valence-electron chi connectivity index (χ2n) is 6.83. The minimum atomic E-state index is -0.751. The van der Waals surface area contributed by atoms with Crippen LogP contribution in [0.3, 0.4) is 0 Å². The van der Waals surface area contributed by atoms with Crippen molar-refractivity contribution in [1.29, 1.82) is 0 Å². The van der Waals surface area contributed by atoms with Crippen LogP contribution in [-0.2, 0) is 4.79 Å². The lowest BCUT2D eigenvalue weighted by molar-refractivity contribution is -0.148. The van der Waals surface area contributed by atoms with Gasteiger partial charge in [0.25, 0.3) is 0 Å². The van der Waals surface area contributed by atoms with Crippen molar-refractivity contribution >= 4 is 12.0 Å². The number of piperidine rings is 1. The van der Waals surface area contributed by atoms with Crippen LogP contribution in [0.25, 0.3) is 0 Å². The van der Waals surface area contributed by atoms with Gasteiger partial charge >= 0.3 is 12.0 Å². The van der Waals surface area contributed by atoms with E-state index in [2.05, 4.69) is 13.8 Å². The Morgan fingerprint density at radius 1 is 1.24 bits per heavy atom. The molecule has 2 aliphatic heterocycles. The van der Waals surface area contributed by atoms with Crippen molar-refractivity contribution in [2.45, 2.75) is 71.4 Å². The summed E-state index contributed by atoms with van der Waals surface area (Å²) in [6.07, 6.45) is 5.33. The van der Waals surface area contributed by atoms with Crippen LogP contribution in [0.15, 0.2) is 0 Å². The van der Waals surface area contributed by atoms with Crippen molar-refractivity contribution in [3.05, 3.63) is 0 Å². The quantitative estimate of drug-likeness (QED) is 0.871. The summed E-state index contributed by atoms with van der Waals surface area (Å²) in [5, 5.41) is 9.56. The van der Waals surface area contributed by atoms with Gasteiger partial charge in [-0.15, -0.1) is 0 Å². The number of aliphatic carboxylic acids is 1. The summed E-state index contributed by atoms with van der Waals surface area (Å²) >= 11 is 0. The number of urea groups is 1. The SMILES string of the molecule is CCCC1(C(=O)O)CCN(C(=O)N2[C@H](C)CCC[C@@H]2C)C1. The zero-order valence-electron chi connectivity index (χ0n) is 13.5. The van der Waals surface area contributed by atoms with E-state index in [4.69, 9.17) is 0 Å². The van der Waals surface area contributed by atoms with Crippen LogP contribution < -0.4 is 0 Å². The number of carbonyl (C=O) groups excluding carboxylic acids is 1. The first-order valence-electron chi connectivity index (χ1n) is 8.22. The smallest absolute Gasteiger partial charge is 0.320 e. The molecule has 2 amide bonds. The molecule has 2 aliphatic rings. The van der Waals surface area contributed by atoms with E-state index < -0.39 is 11.4 Å². The average Bonchev–Trinajstić information content (AvgIpc) is 2.84. The van der Waals surface area contributed by atoms with Gasteiger partial charge in [0, 0.05) is 25.2 Å². The van der Waals surface area contributed by atoms with E-state index in [1.54, 1.807) is 4.90 Å². The predicted molar refractivity (Wildman–Crippen MR) is 81.2 cm³/mol. The molecule has 3 atom stereocenters. The molecule has 5 heteroatoms. The minimum absolute atomic E-state index is 0.0360. The fourth-order valence-electron chi connectivity index (χ4n) is 3.96. The fraction of sp³-hybridized carbons (Fsp3) is 0.875. The number of hydrogen-bond acceptors (Lipinski definition) is 2. The topological polar surface area (TPSA) is 60.9 Å². The highest BCUT2D eigenvalue weighted by molar-refractivity contribution is 5.80. The Bertz CT molecular complexity index is 402. The van der Waals surface area contributed by atoms with Crippen molar-refractivity contribution in [3.63, 3.8) is 0 Å². The van der Waals surface area contributed by atoms with Crippen molar-refractivity contribution < 1.29 is 14.7 Å². The third-order valence-electron chi connectivity index (χ3n) is 5.22. The van der Waals surface area contributed by atoms with Crippen LogP contribution in [0.2, 0.25) is 0 Å². The molecule has 2 saturated heterocycles. The monoisotopic (exact) mass is 296 g/mol. The van der Waals surface area contributed by atoms with Crippen LogP contribution in [0, 0.1) is 5.41 Å². The van der Waals surface area contributed by atoms with Gasteiger partial charge < -0.3 is 14.9 Å². The molecule has 0 aromatic carbocycles. The van der Waals surface area contributed by atoms with Gasteiger partial charge in [0.05, 0.1) is 5.41 Å². The van der Waals surface area contributed by atoms with E-state index in [-0.39, 0.29) is 18.1 Å². The van der Waals surface area contributed by atoms with E-state index in [1.807, 2.05) is 11.8 Å². The van der Waals surface area contributed by atoms with Crippen LogP contribution >= 0.6 is 0 Å². The Hall–Kier alpha value is -1.26. The highest BCUT2D eigenvalue weighted by atomic mass is 16.4. The second kappa shape index (κ2) is 6.24. The van der Waals surface area contributed by atoms with E-state index in [9.17, 15) is 14.7 Å². The highest BCUT2D eigenvalue weighted by Gasteiger charge is 2.47. The molecule has 21 heavy (non-hydrogen) atoms. The van der Waals surface area contributed by atoms with E-state index >= 15 is 0 Å². The Morgan fingerprint density at radius 2 is 1.86 bits per heavy atom. The number of nitrogens with zero attached hydrogens (tertiary/aromatic N) is 2. The lowest BCUT2D eigenvalue weighted by Crippen LogP contribution is -2.53. The molecular weight excluding hydrogens is 268 g/mol. The molecular formula is C16H28N2O3. The Kier molecular flexibility index (Phi) is 4.79. The van der Waals surface area contributed by atoms with Gasteiger partial charge in [-0.2, -0.15) is 0 Å². The summed E-state index contributed by atoms with van der Waals surface area (Å²) in [5.41, 5.74) is -0.729. The standard InChI is InChI=1S/C16H28N2O3/c1-4-8-16(14(19)20)9-10-17(11-16)15(21)18-12(2)6-5-7-13(18)3/h12-13H,4-11H2,1-3H3,(H,19,20)/t12-,13+,16?. The number of rotatable bonds is 3. The van der Waals surface area contributed by atoms with Gasteiger partial charge in [-0.3, -0.25) is 4.79 Å². The van der Waals surface area contributed by atoms with Crippen molar-refractivity contribution in [2.24, 2.45) is 5.41 Å². The average molecular weight is 296 g/mol. The number of amides is 2. The lowest BCUT2D eigenvalue weighted by Gasteiger charge is -2.41. The largest absolute Gasteiger partial charge is 0.481 e. The first-order valence-corrected chi connectivity index (χ1v) is 8.22. The number of likely N-dealkylation sites (tertiary alicyclic amines) is 2. The summed E-state index contributed by atoms with van der Waals surface area (Å²) < 4.78 is 0. The molecule has 0 aliphatic carbocycles. The van der Waals surface area contributed by atoms with E-state index in [0.717, 1.165) is 19.3 Å². The maximum Gasteiger partial charge on any atom is 0.320 e. The molecule has 2 rings (SSSR count). The molecule has 0 radical (unpaired) electrons. The maximum absolute atomic E-state index is 12.8. The Balaban J connectivity index is 2.09. The molecule has 0 aromatic heterocycles. The number of carboxylic acids is 1. The summed E-state index contributed by atoms with van der Waals surface area (Å²) in [4.78, 5) is 28.2. The number of carboxylic acid groups (broad SMARTS) is 1. The molecule has 1 N–H and O–H groups in total. The van der Waals surface area contributed by atoms with Crippen LogP contribution in [0.1, 0.15) is 59.3 Å². The molecule has 2 fully saturated rings. The van der Waals surface area contributed by atoms with Crippen LogP contribution in [0.4, 0.5) is 4.79 Å². The highest BCUT2D eigenvalue weighted by Crippen LogP contribution is 2.37. The van der Waals surface area contributed by atoms with Gasteiger partial charge in [-0.1, -0.05) is 13.3 Å². The van der Waals surface area contributed by atoms with Crippen molar-refractivity contribution in [2.75, 3.05) is 13.1 Å². The second-order valence-corrected chi connectivity index (χ2v) is 6.83. The van der Waals surface area contributed by atoms with Crippen LogP contribution in [-0.4, -0.2) is 52.1 Å². The van der Waals surface area contributed by atoms with Gasteiger partial charge in [0.1, 0.15) is 0 Å². The zero-order chi connectivity index (χ0) is 15.6. The summed E-state index contributed by atoms with van der Waals surface area (Å²) in [5.74, 6) is -0.751.